The number of hydrogen-bond acceptors (Lipinski definition) is 5. The number of hydrogen-bond donors (Lipinski definition) is 3. The third kappa shape index (κ3) is 4.00. The molecule has 2 heterocycles. The van der Waals surface area contributed by atoms with Crippen LogP contribution in [0.3, 0.4) is 0 Å². The van der Waals surface area contributed by atoms with Crippen molar-refractivity contribution in [2.24, 2.45) is 0 Å². The van der Waals surface area contributed by atoms with Gasteiger partial charge in [0.25, 0.3) is 0 Å². The van der Waals surface area contributed by atoms with Crippen LogP contribution >= 0.6 is 12.2 Å². The van der Waals surface area contributed by atoms with Crippen LogP contribution in [-0.2, 0) is 11.2 Å². The minimum absolute atomic E-state index is 0.328. The molecule has 158 valence electrons. The van der Waals surface area contributed by atoms with Gasteiger partial charge in [0.05, 0.1) is 24.3 Å². The molecule has 2 aliphatic heterocycles. The Morgan fingerprint density at radius 1 is 1.38 bits per heavy atom. The molecule has 1 saturated heterocycles. The predicted octanol–water partition coefficient (Wildman–Crippen LogP) is 2.81. The summed E-state index contributed by atoms with van der Waals surface area (Å²) in [5.74, 6) is 0.880. The zero-order chi connectivity index (χ0) is 20.8. The SMILES string of the molecule is CC(C)(C)OC(=O)N1CC[C@H](O)[C@@H](NC(=S)Nc2cccc3c2CCO3)C12CC2. The Morgan fingerprint density at radius 2 is 2.14 bits per heavy atom. The lowest BCUT2D eigenvalue weighted by Crippen LogP contribution is -2.65. The van der Waals surface area contributed by atoms with Gasteiger partial charge in [-0.05, 0) is 64.4 Å². The second-order valence-electron chi connectivity index (χ2n) is 9.05. The van der Waals surface area contributed by atoms with Gasteiger partial charge in [0.15, 0.2) is 5.11 Å². The fraction of sp³-hybridized carbons (Fsp3) is 0.619. The Balaban J connectivity index is 1.47. The largest absolute Gasteiger partial charge is 0.493 e. The molecule has 0 bridgehead atoms. The van der Waals surface area contributed by atoms with Crippen molar-refractivity contribution in [2.75, 3.05) is 18.5 Å². The van der Waals surface area contributed by atoms with Crippen LogP contribution in [0.5, 0.6) is 5.75 Å². The Labute approximate surface area is 176 Å². The van der Waals surface area contributed by atoms with Crippen molar-refractivity contribution in [3.8, 4) is 5.75 Å². The number of carbonyl (C=O) groups is 1. The number of amides is 1. The number of piperidine rings is 1. The van der Waals surface area contributed by atoms with E-state index in [4.69, 9.17) is 21.7 Å². The summed E-state index contributed by atoms with van der Waals surface area (Å²) in [6, 6.07) is 5.51. The van der Waals surface area contributed by atoms with Crippen LogP contribution < -0.4 is 15.4 Å². The monoisotopic (exact) mass is 419 g/mol. The van der Waals surface area contributed by atoms with E-state index in [1.54, 1.807) is 4.90 Å². The van der Waals surface area contributed by atoms with Gasteiger partial charge in [0.1, 0.15) is 11.4 Å². The molecule has 2 fully saturated rings. The summed E-state index contributed by atoms with van der Waals surface area (Å²) in [4.78, 5) is 14.5. The zero-order valence-electron chi connectivity index (χ0n) is 17.2. The van der Waals surface area contributed by atoms with Crippen molar-refractivity contribution in [1.82, 2.24) is 10.2 Å². The summed E-state index contributed by atoms with van der Waals surface area (Å²) in [6.45, 7) is 6.74. The molecule has 1 aromatic carbocycles. The molecule has 3 aliphatic rings. The first-order valence-corrected chi connectivity index (χ1v) is 10.6. The van der Waals surface area contributed by atoms with Gasteiger partial charge in [-0.1, -0.05) is 6.07 Å². The van der Waals surface area contributed by atoms with Gasteiger partial charge >= 0.3 is 6.09 Å². The third-order valence-electron chi connectivity index (χ3n) is 5.80. The summed E-state index contributed by atoms with van der Waals surface area (Å²) in [6.07, 6.45) is 2.04. The molecule has 0 aromatic heterocycles. The molecule has 4 rings (SSSR count). The maximum Gasteiger partial charge on any atom is 0.410 e. The van der Waals surface area contributed by atoms with Gasteiger partial charge in [-0.2, -0.15) is 0 Å². The van der Waals surface area contributed by atoms with Gasteiger partial charge in [0.2, 0.25) is 0 Å². The molecule has 0 radical (unpaired) electrons. The molecule has 1 amide bonds. The average molecular weight is 420 g/mol. The summed E-state index contributed by atoms with van der Waals surface area (Å²) >= 11 is 5.55. The average Bonchev–Trinajstić information content (AvgIpc) is 3.23. The first kappa shape index (κ1) is 20.2. The van der Waals surface area contributed by atoms with E-state index < -0.39 is 17.2 Å². The van der Waals surface area contributed by atoms with E-state index in [9.17, 15) is 9.90 Å². The van der Waals surface area contributed by atoms with Crippen LogP contribution in [0, 0.1) is 0 Å². The van der Waals surface area contributed by atoms with E-state index in [1.165, 1.54) is 0 Å². The molecular weight excluding hydrogens is 390 g/mol. The number of anilines is 1. The Bertz CT molecular complexity index is 819. The van der Waals surface area contributed by atoms with E-state index in [0.29, 0.717) is 24.7 Å². The van der Waals surface area contributed by atoms with E-state index in [0.717, 1.165) is 36.3 Å². The second-order valence-corrected chi connectivity index (χ2v) is 9.46. The van der Waals surface area contributed by atoms with Crippen molar-refractivity contribution in [3.63, 3.8) is 0 Å². The first-order chi connectivity index (χ1) is 13.7. The van der Waals surface area contributed by atoms with Crippen molar-refractivity contribution in [1.29, 1.82) is 0 Å². The number of nitrogens with zero attached hydrogens (tertiary/aromatic N) is 1. The normalized spacial score (nSPS) is 24.5. The highest BCUT2D eigenvalue weighted by Gasteiger charge is 2.61. The van der Waals surface area contributed by atoms with Crippen molar-refractivity contribution in [2.45, 2.75) is 69.7 Å². The van der Waals surface area contributed by atoms with E-state index in [-0.39, 0.29) is 12.1 Å². The highest BCUT2D eigenvalue weighted by atomic mass is 32.1. The molecule has 0 unspecified atom stereocenters. The van der Waals surface area contributed by atoms with E-state index >= 15 is 0 Å². The van der Waals surface area contributed by atoms with Crippen LogP contribution in [0.4, 0.5) is 10.5 Å². The highest BCUT2D eigenvalue weighted by molar-refractivity contribution is 7.80. The maximum atomic E-state index is 12.8. The fourth-order valence-corrected chi connectivity index (χ4v) is 4.58. The van der Waals surface area contributed by atoms with Gasteiger partial charge in [-0.3, -0.25) is 0 Å². The number of nitrogens with one attached hydrogen (secondary N) is 2. The molecule has 1 aromatic rings. The van der Waals surface area contributed by atoms with E-state index in [2.05, 4.69) is 10.6 Å². The number of carbonyl (C=O) groups excluding carboxylic acids is 1. The molecule has 3 N–H and O–H groups in total. The van der Waals surface area contributed by atoms with Crippen LogP contribution in [-0.4, -0.2) is 57.6 Å². The maximum absolute atomic E-state index is 12.8. The highest BCUT2D eigenvalue weighted by Crippen LogP contribution is 2.49. The Kier molecular flexibility index (Phi) is 5.11. The van der Waals surface area contributed by atoms with Crippen molar-refractivity contribution >= 4 is 29.1 Å². The minimum atomic E-state index is -0.583. The van der Waals surface area contributed by atoms with E-state index in [1.807, 2.05) is 39.0 Å². The minimum Gasteiger partial charge on any atom is -0.493 e. The number of benzene rings is 1. The van der Waals surface area contributed by atoms with Crippen molar-refractivity contribution < 1.29 is 19.4 Å². The van der Waals surface area contributed by atoms with Gasteiger partial charge in [-0.25, -0.2) is 4.79 Å². The Hall–Kier alpha value is -2.06. The lowest BCUT2D eigenvalue weighted by atomic mass is 9.91. The number of aliphatic hydroxyl groups is 1. The number of ether oxygens (including phenoxy) is 2. The molecule has 2 atom stereocenters. The molecule has 7 nitrogen and oxygen atoms in total. The summed E-state index contributed by atoms with van der Waals surface area (Å²) < 4.78 is 11.2. The van der Waals surface area contributed by atoms with Gasteiger partial charge < -0.3 is 30.1 Å². The standard InChI is InChI=1S/C21H29N3O4S/c1-20(2,3)28-19(26)24-11-7-15(25)17(21(24)9-10-21)23-18(29)22-14-5-4-6-16-13(14)8-12-27-16/h4-6,15,17,25H,7-12H2,1-3H3,(H2,22,23,29)/t15-,17+/m0/s1. The number of aliphatic hydroxyl groups excluding tert-OH is 1. The topological polar surface area (TPSA) is 83.1 Å². The Morgan fingerprint density at radius 3 is 2.83 bits per heavy atom. The lowest BCUT2D eigenvalue weighted by Gasteiger charge is -2.45. The number of rotatable bonds is 2. The second kappa shape index (κ2) is 7.32. The third-order valence-corrected chi connectivity index (χ3v) is 6.02. The fourth-order valence-electron chi connectivity index (χ4n) is 4.34. The molecule has 29 heavy (non-hydrogen) atoms. The zero-order valence-corrected chi connectivity index (χ0v) is 18.0. The first-order valence-electron chi connectivity index (χ1n) is 10.2. The lowest BCUT2D eigenvalue weighted by molar-refractivity contribution is -0.0269. The number of thiocarbonyl (C=S) groups is 1. The quantitative estimate of drug-likeness (QED) is 0.636. The van der Waals surface area contributed by atoms with Crippen LogP contribution in [0.15, 0.2) is 18.2 Å². The van der Waals surface area contributed by atoms with Gasteiger partial charge in [-0.15, -0.1) is 0 Å². The predicted molar refractivity (Wildman–Crippen MR) is 114 cm³/mol. The number of fused-ring (bicyclic) bond motifs is 1. The number of likely N-dealkylation sites (tertiary alicyclic amines) is 1. The molecule has 1 spiro atoms. The molecule has 1 saturated carbocycles. The van der Waals surface area contributed by atoms with Gasteiger partial charge in [0, 0.05) is 24.2 Å². The van der Waals surface area contributed by atoms with Crippen molar-refractivity contribution in [3.05, 3.63) is 23.8 Å². The smallest absolute Gasteiger partial charge is 0.410 e. The van der Waals surface area contributed by atoms with Crippen LogP contribution in [0.2, 0.25) is 0 Å². The molecule has 1 aliphatic carbocycles. The summed E-state index contributed by atoms with van der Waals surface area (Å²) in [5.41, 5.74) is 1.01. The summed E-state index contributed by atoms with van der Waals surface area (Å²) in [5, 5.41) is 17.7. The summed E-state index contributed by atoms with van der Waals surface area (Å²) in [7, 11) is 0. The molecule has 8 heteroatoms. The van der Waals surface area contributed by atoms with Crippen LogP contribution in [0.25, 0.3) is 0 Å². The molecular formula is C21H29N3O4S. The van der Waals surface area contributed by atoms with Crippen LogP contribution in [0.1, 0.15) is 45.6 Å².